The van der Waals surface area contributed by atoms with Crippen molar-refractivity contribution in [3.05, 3.63) is 23.8 Å². The molecule has 0 spiro atoms. The number of methoxy groups -OCH3 is 1. The van der Waals surface area contributed by atoms with Gasteiger partial charge in [0.2, 0.25) is 0 Å². The maximum atomic E-state index is 11.8. The van der Waals surface area contributed by atoms with Gasteiger partial charge in [-0.25, -0.2) is 0 Å². The van der Waals surface area contributed by atoms with Crippen LogP contribution in [-0.4, -0.2) is 55.9 Å². The summed E-state index contributed by atoms with van der Waals surface area (Å²) >= 11 is 0. The van der Waals surface area contributed by atoms with Crippen LogP contribution in [0.4, 0.5) is 0 Å². The van der Waals surface area contributed by atoms with Crippen LogP contribution in [0.1, 0.15) is 37.8 Å². The number of carboxylic acid groups (broad SMARTS) is 1. The largest absolute Gasteiger partial charge is 0.493 e. The number of benzene rings is 1. The molecule has 2 N–H and O–H groups in total. The number of hydrogen-bond acceptors (Lipinski definition) is 5. The monoisotopic (exact) mass is 336 g/mol. The Hall–Kier alpha value is -1.79. The lowest BCUT2D eigenvalue weighted by atomic mass is 10.0. The Kier molecular flexibility index (Phi) is 7.34. The van der Waals surface area contributed by atoms with E-state index in [2.05, 4.69) is 12.2 Å². The van der Waals surface area contributed by atoms with Gasteiger partial charge in [0.25, 0.3) is 0 Å². The molecule has 1 atom stereocenters. The molecule has 0 radical (unpaired) electrons. The summed E-state index contributed by atoms with van der Waals surface area (Å²) in [5, 5.41) is 12.9. The molecule has 6 nitrogen and oxygen atoms in total. The standard InChI is InChI=1S/C18H28N2O4/c1-3-4-5-12-24-15-7-6-14(13-16(15)23-2)17(18(21)22)20-10-8-19-9-11-20/h6-7,13,17,19H,3-5,8-12H2,1-2H3,(H,21,22). The van der Waals surface area contributed by atoms with Gasteiger partial charge in [-0.3, -0.25) is 9.69 Å². The highest BCUT2D eigenvalue weighted by Gasteiger charge is 2.29. The predicted molar refractivity (Wildman–Crippen MR) is 92.8 cm³/mol. The summed E-state index contributed by atoms with van der Waals surface area (Å²) in [4.78, 5) is 13.8. The Balaban J connectivity index is 2.14. The highest BCUT2D eigenvalue weighted by molar-refractivity contribution is 5.76. The fourth-order valence-electron chi connectivity index (χ4n) is 2.96. The summed E-state index contributed by atoms with van der Waals surface area (Å²) in [6.07, 6.45) is 3.27. The zero-order valence-corrected chi connectivity index (χ0v) is 14.6. The van der Waals surface area contributed by atoms with Gasteiger partial charge < -0.3 is 19.9 Å². The van der Waals surface area contributed by atoms with E-state index in [1.54, 1.807) is 13.2 Å². The molecule has 1 aromatic carbocycles. The van der Waals surface area contributed by atoms with E-state index >= 15 is 0 Å². The summed E-state index contributed by atoms with van der Waals surface area (Å²) < 4.78 is 11.2. The number of unbranched alkanes of at least 4 members (excludes halogenated alkanes) is 2. The van der Waals surface area contributed by atoms with Gasteiger partial charge in [0, 0.05) is 26.2 Å². The van der Waals surface area contributed by atoms with Crippen molar-refractivity contribution in [3.63, 3.8) is 0 Å². The average molecular weight is 336 g/mol. The molecule has 24 heavy (non-hydrogen) atoms. The Bertz CT molecular complexity index is 530. The van der Waals surface area contributed by atoms with Crippen LogP contribution in [0, 0.1) is 0 Å². The average Bonchev–Trinajstić information content (AvgIpc) is 2.60. The number of aliphatic carboxylic acids is 1. The van der Waals surface area contributed by atoms with Crippen LogP contribution in [0.15, 0.2) is 18.2 Å². The van der Waals surface area contributed by atoms with Crippen LogP contribution in [0.5, 0.6) is 11.5 Å². The van der Waals surface area contributed by atoms with Gasteiger partial charge >= 0.3 is 5.97 Å². The van der Waals surface area contributed by atoms with Gasteiger partial charge in [0.15, 0.2) is 11.5 Å². The van der Waals surface area contributed by atoms with Gasteiger partial charge in [-0.1, -0.05) is 25.8 Å². The van der Waals surface area contributed by atoms with E-state index in [0.717, 1.165) is 37.9 Å². The van der Waals surface area contributed by atoms with Gasteiger partial charge in [0.1, 0.15) is 6.04 Å². The minimum absolute atomic E-state index is 0.588. The smallest absolute Gasteiger partial charge is 0.325 e. The molecule has 1 aliphatic heterocycles. The number of carboxylic acids is 1. The lowest BCUT2D eigenvalue weighted by molar-refractivity contribution is -0.143. The molecule has 0 aromatic heterocycles. The van der Waals surface area contributed by atoms with Crippen molar-refractivity contribution < 1.29 is 19.4 Å². The Morgan fingerprint density at radius 1 is 1.29 bits per heavy atom. The number of hydrogen-bond donors (Lipinski definition) is 2. The summed E-state index contributed by atoms with van der Waals surface area (Å²) in [6.45, 7) is 5.84. The van der Waals surface area contributed by atoms with Crippen LogP contribution in [0.2, 0.25) is 0 Å². The van der Waals surface area contributed by atoms with E-state index in [9.17, 15) is 9.90 Å². The van der Waals surface area contributed by atoms with Crippen LogP contribution in [0.25, 0.3) is 0 Å². The summed E-state index contributed by atoms with van der Waals surface area (Å²) in [7, 11) is 1.58. The van der Waals surface area contributed by atoms with E-state index in [-0.39, 0.29) is 0 Å². The molecule has 134 valence electrons. The lowest BCUT2D eigenvalue weighted by Gasteiger charge is -2.32. The second-order valence-electron chi connectivity index (χ2n) is 5.99. The first-order chi connectivity index (χ1) is 11.7. The van der Waals surface area contributed by atoms with E-state index in [0.29, 0.717) is 31.2 Å². The Labute approximate surface area is 143 Å². The first-order valence-electron chi connectivity index (χ1n) is 8.65. The number of carbonyl (C=O) groups is 1. The number of nitrogens with one attached hydrogen (secondary N) is 1. The summed E-state index contributed by atoms with van der Waals surface area (Å²) in [5.74, 6) is 0.419. The molecule has 6 heteroatoms. The van der Waals surface area contributed by atoms with Gasteiger partial charge in [-0.2, -0.15) is 0 Å². The zero-order chi connectivity index (χ0) is 17.4. The molecule has 1 aliphatic rings. The van der Waals surface area contributed by atoms with Crippen molar-refractivity contribution in [2.45, 2.75) is 32.2 Å². The fourth-order valence-corrected chi connectivity index (χ4v) is 2.96. The molecule has 0 aliphatic carbocycles. The zero-order valence-electron chi connectivity index (χ0n) is 14.6. The minimum atomic E-state index is -0.837. The second-order valence-corrected chi connectivity index (χ2v) is 5.99. The second kappa shape index (κ2) is 9.49. The van der Waals surface area contributed by atoms with Gasteiger partial charge in [0.05, 0.1) is 13.7 Å². The van der Waals surface area contributed by atoms with E-state index in [1.807, 2.05) is 17.0 Å². The third kappa shape index (κ3) is 4.85. The molecular weight excluding hydrogens is 308 g/mol. The van der Waals surface area contributed by atoms with E-state index in [4.69, 9.17) is 9.47 Å². The van der Waals surface area contributed by atoms with Crippen LogP contribution < -0.4 is 14.8 Å². The number of ether oxygens (including phenoxy) is 2. The van der Waals surface area contributed by atoms with Crippen molar-refractivity contribution in [3.8, 4) is 11.5 Å². The third-order valence-corrected chi connectivity index (χ3v) is 4.26. The van der Waals surface area contributed by atoms with Crippen molar-refractivity contribution in [2.24, 2.45) is 0 Å². The molecule has 0 amide bonds. The molecular formula is C18H28N2O4. The van der Waals surface area contributed by atoms with Crippen LogP contribution in [0.3, 0.4) is 0 Å². The molecule has 0 bridgehead atoms. The van der Waals surface area contributed by atoms with E-state index in [1.165, 1.54) is 0 Å². The predicted octanol–water partition coefficient (Wildman–Crippen LogP) is 2.30. The van der Waals surface area contributed by atoms with E-state index < -0.39 is 12.0 Å². The first-order valence-corrected chi connectivity index (χ1v) is 8.65. The summed E-state index contributed by atoms with van der Waals surface area (Å²) in [5.41, 5.74) is 0.724. The maximum absolute atomic E-state index is 11.8. The Morgan fingerprint density at radius 2 is 2.04 bits per heavy atom. The molecule has 1 fully saturated rings. The van der Waals surface area contributed by atoms with Crippen molar-refractivity contribution in [1.82, 2.24) is 10.2 Å². The van der Waals surface area contributed by atoms with Crippen LogP contribution >= 0.6 is 0 Å². The molecule has 1 aromatic rings. The minimum Gasteiger partial charge on any atom is -0.493 e. The fraction of sp³-hybridized carbons (Fsp3) is 0.611. The number of rotatable bonds is 9. The maximum Gasteiger partial charge on any atom is 0.325 e. The quantitative estimate of drug-likeness (QED) is 0.674. The first kappa shape index (κ1) is 18.5. The van der Waals surface area contributed by atoms with Crippen molar-refractivity contribution >= 4 is 5.97 Å². The molecule has 0 saturated carbocycles. The Morgan fingerprint density at radius 3 is 2.67 bits per heavy atom. The molecule has 1 saturated heterocycles. The lowest BCUT2D eigenvalue weighted by Crippen LogP contribution is -2.47. The SMILES string of the molecule is CCCCCOc1ccc(C(C(=O)O)N2CCNCC2)cc1OC. The molecule has 1 heterocycles. The molecule has 2 rings (SSSR count). The highest BCUT2D eigenvalue weighted by Crippen LogP contribution is 2.32. The topological polar surface area (TPSA) is 71.0 Å². The summed E-state index contributed by atoms with van der Waals surface area (Å²) in [6, 6.07) is 4.78. The van der Waals surface area contributed by atoms with Gasteiger partial charge in [-0.15, -0.1) is 0 Å². The normalized spacial score (nSPS) is 16.6. The highest BCUT2D eigenvalue weighted by atomic mass is 16.5. The molecule has 1 unspecified atom stereocenters. The van der Waals surface area contributed by atoms with Crippen molar-refractivity contribution in [2.75, 3.05) is 39.9 Å². The number of piperazine rings is 1. The number of nitrogens with zero attached hydrogens (tertiary/aromatic N) is 1. The third-order valence-electron chi connectivity index (χ3n) is 4.26. The van der Waals surface area contributed by atoms with Crippen LogP contribution in [-0.2, 0) is 4.79 Å². The van der Waals surface area contributed by atoms with Crippen molar-refractivity contribution in [1.29, 1.82) is 0 Å². The van der Waals surface area contributed by atoms with Gasteiger partial charge in [-0.05, 0) is 24.1 Å².